The molecule has 0 bridgehead atoms. The monoisotopic (exact) mass is 378 g/mol. The van der Waals surface area contributed by atoms with Gasteiger partial charge in [-0.05, 0) is 30.3 Å². The average Bonchev–Trinajstić information content (AvgIpc) is 2.49. The predicted octanol–water partition coefficient (Wildman–Crippen LogP) is 2.67. The Balaban J connectivity index is 2.03. The van der Waals surface area contributed by atoms with E-state index < -0.39 is 44.8 Å². The second kappa shape index (κ2) is 7.20. The summed E-state index contributed by atoms with van der Waals surface area (Å²) in [5.41, 5.74) is -0.0595. The molecule has 1 amide bonds. The zero-order valence-corrected chi connectivity index (χ0v) is 13.4. The first-order valence-corrected chi connectivity index (χ1v) is 8.25. The lowest BCUT2D eigenvalue weighted by Crippen LogP contribution is -2.33. The first kappa shape index (κ1) is 18.2. The third-order valence-electron chi connectivity index (χ3n) is 2.81. The van der Waals surface area contributed by atoms with Crippen LogP contribution in [0.5, 0.6) is 0 Å². The van der Waals surface area contributed by atoms with Gasteiger partial charge in [0.1, 0.15) is 10.7 Å². The molecule has 0 heterocycles. The number of anilines is 1. The highest BCUT2D eigenvalue weighted by molar-refractivity contribution is 7.89. The van der Waals surface area contributed by atoms with E-state index in [0.717, 1.165) is 30.3 Å². The quantitative estimate of drug-likeness (QED) is 0.840. The van der Waals surface area contributed by atoms with Crippen LogP contribution in [-0.2, 0) is 14.8 Å². The zero-order chi connectivity index (χ0) is 17.9. The molecular weight excluding hydrogens is 369 g/mol. The van der Waals surface area contributed by atoms with Gasteiger partial charge in [0, 0.05) is 16.8 Å². The topological polar surface area (TPSA) is 75.3 Å². The van der Waals surface area contributed by atoms with Gasteiger partial charge in [-0.3, -0.25) is 4.79 Å². The number of sulfonamides is 1. The van der Waals surface area contributed by atoms with Gasteiger partial charge < -0.3 is 5.32 Å². The molecule has 0 saturated heterocycles. The molecule has 0 saturated carbocycles. The molecule has 0 aliphatic heterocycles. The van der Waals surface area contributed by atoms with Crippen LogP contribution in [0, 0.1) is 17.5 Å². The number of nitrogens with one attached hydrogen (secondary N) is 2. The predicted molar refractivity (Wildman–Crippen MR) is 81.6 cm³/mol. The minimum atomic E-state index is -4.29. The van der Waals surface area contributed by atoms with E-state index in [0.29, 0.717) is 0 Å². The Hall–Kier alpha value is -2.10. The van der Waals surface area contributed by atoms with Crippen LogP contribution in [0.3, 0.4) is 0 Å². The maximum Gasteiger partial charge on any atom is 0.243 e. The third kappa shape index (κ3) is 4.47. The standard InChI is InChI=1S/C14H10ClF3N2O3S/c15-8-1-4-13(12(18)5-8)24(22,23)19-7-14(21)20-9-2-3-10(16)11(17)6-9/h1-6,19H,7H2,(H,20,21). The molecule has 0 aromatic heterocycles. The van der Waals surface area contributed by atoms with E-state index in [9.17, 15) is 26.4 Å². The number of halogens is 4. The molecule has 10 heteroatoms. The number of carbonyl (C=O) groups excluding carboxylic acids is 1. The van der Waals surface area contributed by atoms with Gasteiger partial charge in [0.15, 0.2) is 11.6 Å². The highest BCUT2D eigenvalue weighted by atomic mass is 35.5. The number of amides is 1. The smallest absolute Gasteiger partial charge is 0.243 e. The summed E-state index contributed by atoms with van der Waals surface area (Å²) in [6, 6.07) is 5.59. The first-order valence-electron chi connectivity index (χ1n) is 6.38. The molecule has 0 spiro atoms. The second-order valence-corrected chi connectivity index (χ2v) is 6.75. The average molecular weight is 379 g/mol. The molecular formula is C14H10ClF3N2O3S. The molecule has 0 aliphatic carbocycles. The summed E-state index contributed by atoms with van der Waals surface area (Å²) in [6.45, 7) is -0.733. The first-order chi connectivity index (χ1) is 11.2. The van der Waals surface area contributed by atoms with E-state index >= 15 is 0 Å². The maximum absolute atomic E-state index is 13.6. The largest absolute Gasteiger partial charge is 0.325 e. The number of hydrogen-bond acceptors (Lipinski definition) is 3. The summed E-state index contributed by atoms with van der Waals surface area (Å²) >= 11 is 5.53. The molecule has 2 rings (SSSR count). The van der Waals surface area contributed by atoms with Crippen molar-refractivity contribution >= 4 is 33.2 Å². The van der Waals surface area contributed by atoms with Crippen molar-refractivity contribution in [1.29, 1.82) is 0 Å². The maximum atomic E-state index is 13.6. The Morgan fingerprint density at radius 1 is 1.00 bits per heavy atom. The van der Waals surface area contributed by atoms with Crippen molar-refractivity contribution in [2.24, 2.45) is 0 Å². The fourth-order valence-corrected chi connectivity index (χ4v) is 2.91. The SMILES string of the molecule is O=C(CNS(=O)(=O)c1ccc(Cl)cc1F)Nc1ccc(F)c(F)c1. The normalized spacial score (nSPS) is 11.3. The van der Waals surface area contributed by atoms with Crippen LogP contribution in [0.15, 0.2) is 41.3 Å². The van der Waals surface area contributed by atoms with E-state index in [-0.39, 0.29) is 10.7 Å². The van der Waals surface area contributed by atoms with E-state index in [1.807, 2.05) is 4.72 Å². The third-order valence-corrected chi connectivity index (χ3v) is 4.48. The lowest BCUT2D eigenvalue weighted by Gasteiger charge is -2.09. The van der Waals surface area contributed by atoms with Crippen molar-refractivity contribution in [1.82, 2.24) is 4.72 Å². The summed E-state index contributed by atoms with van der Waals surface area (Å²) in [4.78, 5) is 11.0. The number of benzene rings is 2. The molecule has 128 valence electrons. The zero-order valence-electron chi connectivity index (χ0n) is 11.8. The molecule has 0 fully saturated rings. The second-order valence-electron chi connectivity index (χ2n) is 4.58. The van der Waals surface area contributed by atoms with E-state index in [4.69, 9.17) is 11.6 Å². The van der Waals surface area contributed by atoms with Crippen LogP contribution in [0.2, 0.25) is 5.02 Å². The summed E-state index contributed by atoms with van der Waals surface area (Å²) in [7, 11) is -4.29. The van der Waals surface area contributed by atoms with Gasteiger partial charge in [-0.1, -0.05) is 11.6 Å². The van der Waals surface area contributed by atoms with E-state index in [2.05, 4.69) is 5.32 Å². The van der Waals surface area contributed by atoms with Gasteiger partial charge in [-0.2, -0.15) is 0 Å². The Morgan fingerprint density at radius 2 is 1.71 bits per heavy atom. The van der Waals surface area contributed by atoms with E-state index in [1.54, 1.807) is 0 Å². The summed E-state index contributed by atoms with van der Waals surface area (Å²) < 4.78 is 65.2. The van der Waals surface area contributed by atoms with Gasteiger partial charge in [0.25, 0.3) is 0 Å². The van der Waals surface area contributed by atoms with Crippen molar-refractivity contribution in [2.75, 3.05) is 11.9 Å². The lowest BCUT2D eigenvalue weighted by atomic mass is 10.3. The molecule has 24 heavy (non-hydrogen) atoms. The molecule has 0 aliphatic rings. The van der Waals surface area contributed by atoms with Crippen LogP contribution in [0.4, 0.5) is 18.9 Å². The highest BCUT2D eigenvalue weighted by Crippen LogP contribution is 2.18. The Kier molecular flexibility index (Phi) is 5.47. The van der Waals surface area contributed by atoms with Crippen molar-refractivity contribution < 1.29 is 26.4 Å². The van der Waals surface area contributed by atoms with Crippen LogP contribution in [-0.4, -0.2) is 20.9 Å². The van der Waals surface area contributed by atoms with Crippen molar-refractivity contribution in [2.45, 2.75) is 4.90 Å². The fourth-order valence-electron chi connectivity index (χ4n) is 1.71. The van der Waals surface area contributed by atoms with Crippen molar-refractivity contribution in [3.63, 3.8) is 0 Å². The van der Waals surface area contributed by atoms with Gasteiger partial charge in [0.05, 0.1) is 6.54 Å². The number of carbonyl (C=O) groups is 1. The summed E-state index contributed by atoms with van der Waals surface area (Å²) in [5.74, 6) is -4.18. The van der Waals surface area contributed by atoms with Gasteiger partial charge in [0.2, 0.25) is 15.9 Å². The molecule has 0 radical (unpaired) electrons. The summed E-state index contributed by atoms with van der Waals surface area (Å²) in [5, 5.41) is 2.19. The van der Waals surface area contributed by atoms with Crippen LogP contribution >= 0.6 is 11.6 Å². The fraction of sp³-hybridized carbons (Fsp3) is 0.0714. The van der Waals surface area contributed by atoms with Crippen LogP contribution < -0.4 is 10.0 Å². The van der Waals surface area contributed by atoms with E-state index in [1.165, 1.54) is 6.07 Å². The van der Waals surface area contributed by atoms with Crippen LogP contribution in [0.25, 0.3) is 0 Å². The molecule has 2 N–H and O–H groups in total. The number of hydrogen-bond donors (Lipinski definition) is 2. The highest BCUT2D eigenvalue weighted by Gasteiger charge is 2.20. The Labute approximate surface area is 140 Å². The van der Waals surface area contributed by atoms with Crippen molar-refractivity contribution in [3.8, 4) is 0 Å². The Bertz CT molecular complexity index is 891. The van der Waals surface area contributed by atoms with Crippen LogP contribution in [0.1, 0.15) is 0 Å². The molecule has 2 aromatic carbocycles. The lowest BCUT2D eigenvalue weighted by molar-refractivity contribution is -0.115. The van der Waals surface area contributed by atoms with Gasteiger partial charge in [-0.25, -0.2) is 26.3 Å². The van der Waals surface area contributed by atoms with Gasteiger partial charge in [-0.15, -0.1) is 0 Å². The molecule has 0 atom stereocenters. The Morgan fingerprint density at radius 3 is 2.33 bits per heavy atom. The minimum absolute atomic E-state index is 0.0162. The minimum Gasteiger partial charge on any atom is -0.325 e. The molecule has 0 unspecified atom stereocenters. The molecule has 2 aromatic rings. The van der Waals surface area contributed by atoms with Gasteiger partial charge >= 0.3 is 0 Å². The van der Waals surface area contributed by atoms with Crippen molar-refractivity contribution in [3.05, 3.63) is 58.9 Å². The number of rotatable bonds is 5. The summed E-state index contributed by atoms with van der Waals surface area (Å²) in [6.07, 6.45) is 0. The molecule has 5 nitrogen and oxygen atoms in total.